The van der Waals surface area contributed by atoms with Gasteiger partial charge in [-0.3, -0.25) is 4.79 Å². The number of fused-ring (bicyclic) bond motifs is 1. The molecule has 24 heavy (non-hydrogen) atoms. The summed E-state index contributed by atoms with van der Waals surface area (Å²) in [6.07, 6.45) is 7.61. The Hall–Kier alpha value is -2.24. The molecule has 1 aliphatic carbocycles. The summed E-state index contributed by atoms with van der Waals surface area (Å²) in [7, 11) is 0. The molecule has 0 saturated carbocycles. The fourth-order valence-corrected chi connectivity index (χ4v) is 3.74. The zero-order valence-electron chi connectivity index (χ0n) is 14.1. The minimum Gasteiger partial charge on any atom is -0.355 e. The Morgan fingerprint density at radius 2 is 1.96 bits per heavy atom. The molecule has 0 amide bonds. The van der Waals surface area contributed by atoms with Crippen LogP contribution in [0.15, 0.2) is 23.3 Å². The van der Waals surface area contributed by atoms with Gasteiger partial charge >= 0.3 is 0 Å². The lowest BCUT2D eigenvalue weighted by Crippen LogP contribution is -2.50. The second-order valence-electron chi connectivity index (χ2n) is 6.95. The average Bonchev–Trinajstić information content (AvgIpc) is 2.79. The van der Waals surface area contributed by atoms with E-state index in [1.807, 2.05) is 6.92 Å². The number of aromatic nitrogens is 4. The monoisotopic (exact) mass is 325 g/mol. The van der Waals surface area contributed by atoms with Crippen molar-refractivity contribution in [3.63, 3.8) is 0 Å². The summed E-state index contributed by atoms with van der Waals surface area (Å²) in [5.41, 5.74) is 3.44. The van der Waals surface area contributed by atoms with E-state index in [4.69, 9.17) is 0 Å². The van der Waals surface area contributed by atoms with Gasteiger partial charge in [-0.05, 0) is 38.7 Å². The van der Waals surface area contributed by atoms with Crippen molar-refractivity contribution in [2.24, 2.45) is 5.92 Å². The van der Waals surface area contributed by atoms with E-state index in [2.05, 4.69) is 20.0 Å². The van der Waals surface area contributed by atoms with Gasteiger partial charge in [0.2, 0.25) is 0 Å². The molecule has 0 spiro atoms. The Balaban J connectivity index is 1.46. The quantitative estimate of drug-likeness (QED) is 0.805. The molecule has 4 rings (SSSR count). The second-order valence-corrected chi connectivity index (χ2v) is 6.95. The van der Waals surface area contributed by atoms with Crippen LogP contribution in [-0.4, -0.2) is 32.8 Å². The zero-order valence-corrected chi connectivity index (χ0v) is 14.1. The molecule has 126 valence electrons. The van der Waals surface area contributed by atoms with Crippen molar-refractivity contribution in [1.82, 2.24) is 19.7 Å². The maximum atomic E-state index is 11.9. The molecule has 6 heteroatoms. The van der Waals surface area contributed by atoms with E-state index < -0.39 is 0 Å². The first-order valence-electron chi connectivity index (χ1n) is 8.83. The molecule has 1 aliphatic heterocycles. The van der Waals surface area contributed by atoms with Crippen LogP contribution in [0.2, 0.25) is 0 Å². The molecule has 0 radical (unpaired) electrons. The molecule has 6 nitrogen and oxygen atoms in total. The van der Waals surface area contributed by atoms with Crippen LogP contribution in [0.4, 0.5) is 5.82 Å². The van der Waals surface area contributed by atoms with Crippen LogP contribution in [0.3, 0.4) is 0 Å². The minimum absolute atomic E-state index is 0.0186. The van der Waals surface area contributed by atoms with E-state index in [1.165, 1.54) is 30.5 Å². The molecule has 2 aromatic heterocycles. The third-order valence-corrected chi connectivity index (χ3v) is 5.04. The van der Waals surface area contributed by atoms with Crippen LogP contribution < -0.4 is 10.5 Å². The summed E-state index contributed by atoms with van der Waals surface area (Å²) >= 11 is 0. The van der Waals surface area contributed by atoms with Crippen LogP contribution in [0, 0.1) is 12.8 Å². The molecule has 0 aromatic carbocycles. The van der Waals surface area contributed by atoms with Crippen molar-refractivity contribution in [1.29, 1.82) is 0 Å². The molecule has 0 N–H and O–H groups in total. The van der Waals surface area contributed by atoms with E-state index in [9.17, 15) is 4.79 Å². The predicted octanol–water partition coefficient (Wildman–Crippen LogP) is 1.75. The zero-order chi connectivity index (χ0) is 16.5. The summed E-state index contributed by atoms with van der Waals surface area (Å²) in [6.45, 7) is 4.47. The normalized spacial score (nSPS) is 18.0. The maximum absolute atomic E-state index is 11.9. The van der Waals surface area contributed by atoms with E-state index in [0.29, 0.717) is 12.5 Å². The fraction of sp³-hybridized carbons (Fsp3) is 0.556. The maximum Gasteiger partial charge on any atom is 0.266 e. The summed E-state index contributed by atoms with van der Waals surface area (Å²) < 4.78 is 1.60. The highest BCUT2D eigenvalue weighted by Gasteiger charge is 2.31. The third kappa shape index (κ3) is 2.92. The molecule has 0 unspecified atom stereocenters. The highest BCUT2D eigenvalue weighted by Crippen LogP contribution is 2.31. The van der Waals surface area contributed by atoms with Crippen LogP contribution in [0.1, 0.15) is 36.2 Å². The van der Waals surface area contributed by atoms with Gasteiger partial charge in [-0.2, -0.15) is 5.10 Å². The largest absolute Gasteiger partial charge is 0.355 e. The topological polar surface area (TPSA) is 63.9 Å². The van der Waals surface area contributed by atoms with Crippen molar-refractivity contribution in [2.75, 3.05) is 18.0 Å². The number of hydrogen-bond donors (Lipinski definition) is 0. The van der Waals surface area contributed by atoms with Gasteiger partial charge in [0.15, 0.2) is 0 Å². The average molecular weight is 325 g/mol. The number of nitrogens with zero attached hydrogens (tertiary/aromatic N) is 5. The third-order valence-electron chi connectivity index (χ3n) is 5.04. The van der Waals surface area contributed by atoms with Gasteiger partial charge in [0.25, 0.3) is 5.56 Å². The second kappa shape index (κ2) is 6.34. The standard InChI is InChI=1S/C18H23N5O/c1-13-7-8-17(24)23(21-13)11-14-9-22(10-14)18-15-5-3-2-4-6-16(15)19-12-20-18/h7-8,12,14H,2-6,9-11H2,1H3. The van der Waals surface area contributed by atoms with E-state index in [0.717, 1.165) is 37.4 Å². The van der Waals surface area contributed by atoms with Crippen molar-refractivity contribution >= 4 is 5.82 Å². The summed E-state index contributed by atoms with van der Waals surface area (Å²) in [6, 6.07) is 3.37. The molecular weight excluding hydrogens is 302 g/mol. The van der Waals surface area contributed by atoms with E-state index in [-0.39, 0.29) is 5.56 Å². The van der Waals surface area contributed by atoms with E-state index >= 15 is 0 Å². The highest BCUT2D eigenvalue weighted by molar-refractivity contribution is 5.51. The SMILES string of the molecule is Cc1ccc(=O)n(CC2CN(c3ncnc4c3CCCCC4)C2)n1. The minimum atomic E-state index is -0.0186. The number of hydrogen-bond acceptors (Lipinski definition) is 5. The first-order chi connectivity index (χ1) is 11.7. The van der Waals surface area contributed by atoms with E-state index in [1.54, 1.807) is 23.1 Å². The molecule has 0 bridgehead atoms. The Bertz CT molecular complexity index is 794. The lowest BCUT2D eigenvalue weighted by atomic mass is 9.98. The molecule has 2 aromatic rings. The van der Waals surface area contributed by atoms with Crippen LogP contribution in [0.25, 0.3) is 0 Å². The molecule has 1 saturated heterocycles. The van der Waals surface area contributed by atoms with Gasteiger partial charge in [0.1, 0.15) is 12.1 Å². The van der Waals surface area contributed by atoms with Gasteiger partial charge < -0.3 is 4.90 Å². The molecule has 1 fully saturated rings. The van der Waals surface area contributed by atoms with Crippen molar-refractivity contribution in [2.45, 2.75) is 45.6 Å². The lowest BCUT2D eigenvalue weighted by Gasteiger charge is -2.41. The molecule has 0 atom stereocenters. The fourth-order valence-electron chi connectivity index (χ4n) is 3.74. The van der Waals surface area contributed by atoms with Crippen molar-refractivity contribution in [3.05, 3.63) is 45.8 Å². The molecule has 3 heterocycles. The predicted molar refractivity (Wildman–Crippen MR) is 92.2 cm³/mol. The van der Waals surface area contributed by atoms with Crippen LogP contribution in [0.5, 0.6) is 0 Å². The van der Waals surface area contributed by atoms with Gasteiger partial charge in [-0.1, -0.05) is 6.42 Å². The van der Waals surface area contributed by atoms with Crippen LogP contribution in [-0.2, 0) is 19.4 Å². The summed E-state index contributed by atoms with van der Waals surface area (Å²) in [5.74, 6) is 1.57. The summed E-state index contributed by atoms with van der Waals surface area (Å²) in [4.78, 5) is 23.3. The molecule has 2 aliphatic rings. The lowest BCUT2D eigenvalue weighted by molar-refractivity contribution is 0.331. The number of anilines is 1. The Labute approximate surface area is 141 Å². The Kier molecular flexibility index (Phi) is 4.04. The van der Waals surface area contributed by atoms with Gasteiger partial charge in [0.05, 0.1) is 12.2 Å². The molecular formula is C18H23N5O. The van der Waals surface area contributed by atoms with Crippen molar-refractivity contribution < 1.29 is 0 Å². The van der Waals surface area contributed by atoms with Gasteiger partial charge in [-0.25, -0.2) is 14.6 Å². The summed E-state index contributed by atoms with van der Waals surface area (Å²) in [5, 5.41) is 4.33. The first kappa shape index (κ1) is 15.3. The first-order valence-corrected chi connectivity index (χ1v) is 8.83. The highest BCUT2D eigenvalue weighted by atomic mass is 16.1. The number of aryl methyl sites for hydroxylation is 2. The smallest absolute Gasteiger partial charge is 0.266 e. The van der Waals surface area contributed by atoms with Gasteiger partial charge in [-0.15, -0.1) is 0 Å². The Morgan fingerprint density at radius 1 is 1.12 bits per heavy atom. The van der Waals surface area contributed by atoms with Crippen molar-refractivity contribution in [3.8, 4) is 0 Å². The number of rotatable bonds is 3. The Morgan fingerprint density at radius 3 is 2.83 bits per heavy atom. The van der Waals surface area contributed by atoms with Gasteiger partial charge in [0, 0.05) is 36.3 Å². The van der Waals surface area contributed by atoms with Crippen LogP contribution >= 0.6 is 0 Å².